The Labute approximate surface area is 79.8 Å². The van der Waals surface area contributed by atoms with E-state index in [0.717, 1.165) is 23.4 Å². The fourth-order valence-electron chi connectivity index (χ4n) is 1.06. The highest BCUT2D eigenvalue weighted by Gasteiger charge is 1.95. The van der Waals surface area contributed by atoms with E-state index < -0.39 is 0 Å². The summed E-state index contributed by atoms with van der Waals surface area (Å²) in [6, 6.07) is 10.2. The molecular formula is C12H15N. The molecule has 0 aliphatic heterocycles. The van der Waals surface area contributed by atoms with Gasteiger partial charge in [0.25, 0.3) is 0 Å². The van der Waals surface area contributed by atoms with Gasteiger partial charge < -0.3 is 0 Å². The third kappa shape index (κ3) is 2.86. The summed E-state index contributed by atoms with van der Waals surface area (Å²) in [7, 11) is 0. The van der Waals surface area contributed by atoms with Crippen LogP contribution >= 0.6 is 0 Å². The highest BCUT2D eigenvalue weighted by molar-refractivity contribution is 5.99. The Bertz CT molecular complexity index is 309. The number of hydrogen-bond donors (Lipinski definition) is 0. The fraction of sp³-hybridized carbons (Fsp3) is 0.250. The summed E-state index contributed by atoms with van der Waals surface area (Å²) in [4.78, 5) is 4.39. The highest BCUT2D eigenvalue weighted by atomic mass is 14.7. The van der Waals surface area contributed by atoms with Crippen LogP contribution in [0, 0.1) is 0 Å². The average molecular weight is 173 g/mol. The molecule has 0 heterocycles. The first-order valence-electron chi connectivity index (χ1n) is 4.52. The molecule has 0 saturated carbocycles. The van der Waals surface area contributed by atoms with Crippen molar-refractivity contribution in [3.05, 3.63) is 48.2 Å². The molecule has 0 spiro atoms. The molecular weight excluding hydrogens is 158 g/mol. The summed E-state index contributed by atoms with van der Waals surface area (Å²) >= 11 is 0. The van der Waals surface area contributed by atoms with E-state index in [2.05, 4.69) is 30.6 Å². The van der Waals surface area contributed by atoms with Gasteiger partial charge >= 0.3 is 0 Å². The van der Waals surface area contributed by atoms with Gasteiger partial charge in [-0.25, -0.2) is 0 Å². The van der Waals surface area contributed by atoms with Gasteiger partial charge in [-0.2, -0.15) is 0 Å². The number of benzene rings is 1. The standard InChI is InChI=1S/C12H15N/c1-4-10(2)13-11(3)12-8-6-5-7-9-12/h5-9H,2,4H2,1,3H3. The Balaban J connectivity index is 2.85. The van der Waals surface area contributed by atoms with Crippen LogP contribution in [-0.4, -0.2) is 5.71 Å². The number of rotatable bonds is 3. The third-order valence-electron chi connectivity index (χ3n) is 1.93. The number of nitrogens with zero attached hydrogens (tertiary/aromatic N) is 1. The number of aliphatic imine (C=N–C) groups is 1. The van der Waals surface area contributed by atoms with Gasteiger partial charge in [0.2, 0.25) is 0 Å². The lowest BCUT2D eigenvalue weighted by atomic mass is 10.1. The minimum Gasteiger partial charge on any atom is -0.258 e. The molecule has 13 heavy (non-hydrogen) atoms. The maximum absolute atomic E-state index is 4.39. The molecule has 0 aromatic heterocycles. The van der Waals surface area contributed by atoms with Crippen LogP contribution in [0.25, 0.3) is 0 Å². The van der Waals surface area contributed by atoms with Crippen LogP contribution in [0.3, 0.4) is 0 Å². The van der Waals surface area contributed by atoms with Gasteiger partial charge in [-0.05, 0) is 18.9 Å². The quantitative estimate of drug-likeness (QED) is 0.621. The van der Waals surface area contributed by atoms with E-state index in [-0.39, 0.29) is 0 Å². The summed E-state index contributed by atoms with van der Waals surface area (Å²) in [5.41, 5.74) is 3.13. The van der Waals surface area contributed by atoms with Gasteiger partial charge in [-0.3, -0.25) is 4.99 Å². The van der Waals surface area contributed by atoms with Crippen molar-refractivity contribution in [1.29, 1.82) is 0 Å². The van der Waals surface area contributed by atoms with Gasteiger partial charge in [-0.15, -0.1) is 0 Å². The van der Waals surface area contributed by atoms with E-state index in [9.17, 15) is 0 Å². The lowest BCUT2D eigenvalue weighted by molar-refractivity contribution is 1.08. The van der Waals surface area contributed by atoms with Crippen molar-refractivity contribution in [3.63, 3.8) is 0 Å². The monoisotopic (exact) mass is 173 g/mol. The molecule has 1 aromatic carbocycles. The molecule has 0 aliphatic carbocycles. The molecule has 68 valence electrons. The van der Waals surface area contributed by atoms with Crippen LogP contribution < -0.4 is 0 Å². The van der Waals surface area contributed by atoms with E-state index in [1.807, 2.05) is 25.1 Å². The maximum atomic E-state index is 4.39. The molecule has 0 unspecified atom stereocenters. The van der Waals surface area contributed by atoms with Crippen LogP contribution in [0.2, 0.25) is 0 Å². The van der Waals surface area contributed by atoms with Crippen molar-refractivity contribution >= 4 is 5.71 Å². The molecule has 1 nitrogen and oxygen atoms in total. The topological polar surface area (TPSA) is 12.4 Å². The van der Waals surface area contributed by atoms with Crippen LogP contribution in [-0.2, 0) is 0 Å². The minimum absolute atomic E-state index is 0.907. The van der Waals surface area contributed by atoms with E-state index in [1.165, 1.54) is 0 Å². The van der Waals surface area contributed by atoms with E-state index in [4.69, 9.17) is 0 Å². The molecule has 0 aliphatic rings. The lowest BCUT2D eigenvalue weighted by Crippen LogP contribution is -1.94. The van der Waals surface area contributed by atoms with Gasteiger partial charge in [0.1, 0.15) is 0 Å². The first kappa shape index (κ1) is 9.72. The normalized spacial score (nSPS) is 11.4. The van der Waals surface area contributed by atoms with Gasteiger partial charge in [-0.1, -0.05) is 43.8 Å². The summed E-state index contributed by atoms with van der Waals surface area (Å²) in [5.74, 6) is 0. The third-order valence-corrected chi connectivity index (χ3v) is 1.93. The largest absolute Gasteiger partial charge is 0.258 e. The SMILES string of the molecule is C=C(CC)N=C(C)c1ccccc1. The van der Waals surface area contributed by atoms with Crippen molar-refractivity contribution in [2.75, 3.05) is 0 Å². The fourth-order valence-corrected chi connectivity index (χ4v) is 1.06. The summed E-state index contributed by atoms with van der Waals surface area (Å²) < 4.78 is 0. The zero-order valence-corrected chi connectivity index (χ0v) is 8.25. The molecule has 0 saturated heterocycles. The van der Waals surface area contributed by atoms with Crippen LogP contribution in [0.1, 0.15) is 25.8 Å². The molecule has 0 fully saturated rings. The number of hydrogen-bond acceptors (Lipinski definition) is 1. The van der Waals surface area contributed by atoms with E-state index >= 15 is 0 Å². The van der Waals surface area contributed by atoms with Crippen molar-refractivity contribution in [2.24, 2.45) is 4.99 Å². The second-order valence-corrected chi connectivity index (χ2v) is 2.98. The predicted octanol–water partition coefficient (Wildman–Crippen LogP) is 3.42. The van der Waals surface area contributed by atoms with E-state index in [1.54, 1.807) is 0 Å². The Kier molecular flexibility index (Phi) is 3.44. The molecule has 0 N–H and O–H groups in total. The Hall–Kier alpha value is -1.37. The van der Waals surface area contributed by atoms with Crippen molar-refractivity contribution in [2.45, 2.75) is 20.3 Å². The second kappa shape index (κ2) is 4.61. The van der Waals surface area contributed by atoms with Gasteiger partial charge in [0, 0.05) is 11.4 Å². The minimum atomic E-state index is 0.907. The molecule has 0 bridgehead atoms. The second-order valence-electron chi connectivity index (χ2n) is 2.98. The highest BCUT2D eigenvalue weighted by Crippen LogP contribution is 2.05. The predicted molar refractivity (Wildman–Crippen MR) is 58.1 cm³/mol. The van der Waals surface area contributed by atoms with Crippen LogP contribution in [0.5, 0.6) is 0 Å². The van der Waals surface area contributed by atoms with Crippen molar-refractivity contribution in [3.8, 4) is 0 Å². The Morgan fingerprint density at radius 2 is 1.92 bits per heavy atom. The summed E-state index contributed by atoms with van der Waals surface area (Å²) in [5, 5.41) is 0. The smallest absolute Gasteiger partial charge is 0.0447 e. The van der Waals surface area contributed by atoms with Gasteiger partial charge in [0.15, 0.2) is 0 Å². The Morgan fingerprint density at radius 1 is 1.31 bits per heavy atom. The summed E-state index contributed by atoms with van der Waals surface area (Å²) in [6.07, 6.45) is 0.907. The molecule has 1 rings (SSSR count). The molecule has 0 atom stereocenters. The first-order chi connectivity index (χ1) is 6.24. The van der Waals surface area contributed by atoms with Gasteiger partial charge in [0.05, 0.1) is 0 Å². The molecule has 0 amide bonds. The first-order valence-corrected chi connectivity index (χ1v) is 4.52. The summed E-state index contributed by atoms with van der Waals surface area (Å²) in [6.45, 7) is 7.92. The molecule has 0 radical (unpaired) electrons. The molecule has 1 aromatic rings. The molecule has 1 heteroatoms. The number of allylic oxidation sites excluding steroid dienone is 1. The zero-order chi connectivity index (χ0) is 9.68. The maximum Gasteiger partial charge on any atom is 0.0447 e. The van der Waals surface area contributed by atoms with Crippen LogP contribution in [0.15, 0.2) is 47.6 Å². The zero-order valence-electron chi connectivity index (χ0n) is 8.25. The van der Waals surface area contributed by atoms with Crippen molar-refractivity contribution < 1.29 is 0 Å². The lowest BCUT2D eigenvalue weighted by Gasteiger charge is -2.00. The van der Waals surface area contributed by atoms with Crippen LogP contribution in [0.4, 0.5) is 0 Å². The van der Waals surface area contributed by atoms with Crippen molar-refractivity contribution in [1.82, 2.24) is 0 Å². The average Bonchev–Trinajstić information content (AvgIpc) is 2.19. The Morgan fingerprint density at radius 3 is 2.46 bits per heavy atom. The van der Waals surface area contributed by atoms with E-state index in [0.29, 0.717) is 0 Å².